The van der Waals surface area contributed by atoms with Crippen LogP contribution in [0.5, 0.6) is 5.75 Å². The fourth-order valence-corrected chi connectivity index (χ4v) is 6.54. The van der Waals surface area contributed by atoms with Crippen molar-refractivity contribution < 1.29 is 22.7 Å². The molecule has 0 heterocycles. The van der Waals surface area contributed by atoms with Gasteiger partial charge in [-0.05, 0) is 60.0 Å². The molecule has 4 aromatic rings. The fraction of sp³-hybridized carbons (Fsp3) is 0.212. The molecule has 44 heavy (non-hydrogen) atoms. The number of likely N-dealkylation sites (N-methyl/N-ethyl adjacent to an activating group) is 1. The quantitative estimate of drug-likeness (QED) is 0.206. The predicted octanol–water partition coefficient (Wildman–Crippen LogP) is 5.89. The van der Waals surface area contributed by atoms with Gasteiger partial charge in [0.05, 0.1) is 27.7 Å². The number of halogens is 2. The van der Waals surface area contributed by atoms with E-state index in [1.54, 1.807) is 54.6 Å². The van der Waals surface area contributed by atoms with Gasteiger partial charge in [0, 0.05) is 20.0 Å². The highest BCUT2D eigenvalue weighted by Gasteiger charge is 2.35. The summed E-state index contributed by atoms with van der Waals surface area (Å²) in [7, 11) is -1.34. The van der Waals surface area contributed by atoms with Gasteiger partial charge in [0.1, 0.15) is 18.3 Å². The van der Waals surface area contributed by atoms with Gasteiger partial charge >= 0.3 is 0 Å². The predicted molar refractivity (Wildman–Crippen MR) is 174 cm³/mol. The molecule has 0 aliphatic carbocycles. The summed E-state index contributed by atoms with van der Waals surface area (Å²) >= 11 is 12.4. The maximum absolute atomic E-state index is 14.4. The molecule has 0 saturated carbocycles. The van der Waals surface area contributed by atoms with Crippen molar-refractivity contribution >= 4 is 50.7 Å². The number of ether oxygens (including phenoxy) is 1. The van der Waals surface area contributed by atoms with Gasteiger partial charge in [-0.3, -0.25) is 13.9 Å². The van der Waals surface area contributed by atoms with Crippen LogP contribution in [-0.4, -0.2) is 51.9 Å². The van der Waals surface area contributed by atoms with Crippen LogP contribution in [0.1, 0.15) is 16.7 Å². The molecule has 0 saturated heterocycles. The molecule has 8 nitrogen and oxygen atoms in total. The van der Waals surface area contributed by atoms with Gasteiger partial charge in [0.2, 0.25) is 11.8 Å². The minimum absolute atomic E-state index is 0.000436. The Morgan fingerprint density at radius 2 is 1.52 bits per heavy atom. The van der Waals surface area contributed by atoms with Crippen LogP contribution >= 0.6 is 23.2 Å². The Morgan fingerprint density at radius 3 is 2.14 bits per heavy atom. The lowest BCUT2D eigenvalue weighted by Crippen LogP contribution is -2.53. The second-order valence-corrected chi connectivity index (χ2v) is 12.8. The van der Waals surface area contributed by atoms with Crippen molar-refractivity contribution in [1.29, 1.82) is 0 Å². The van der Waals surface area contributed by atoms with E-state index in [4.69, 9.17) is 27.9 Å². The molecule has 0 radical (unpaired) electrons. The van der Waals surface area contributed by atoms with Crippen molar-refractivity contribution in [3.05, 3.63) is 124 Å². The summed E-state index contributed by atoms with van der Waals surface area (Å²) in [6, 6.07) is 26.2. The minimum Gasteiger partial charge on any atom is -0.495 e. The Balaban J connectivity index is 1.84. The van der Waals surface area contributed by atoms with Gasteiger partial charge in [0.25, 0.3) is 10.0 Å². The topological polar surface area (TPSA) is 96.0 Å². The zero-order chi connectivity index (χ0) is 31.9. The molecule has 0 spiro atoms. The molecule has 0 aromatic heterocycles. The first-order chi connectivity index (χ1) is 21.0. The molecule has 1 N–H and O–H groups in total. The number of carbonyl (C=O) groups is 2. The lowest BCUT2D eigenvalue weighted by Gasteiger charge is -2.34. The van der Waals surface area contributed by atoms with Crippen molar-refractivity contribution in [3.63, 3.8) is 0 Å². The standard InChI is InChI=1S/C33H33Cl2N3O5S/c1-23-14-17-31(43-3)29(18-23)38(44(41,42)26-12-8-5-9-13-26)22-32(39)37(21-25-15-16-27(34)28(35)19-25)30(33(40)36-2)20-24-10-6-4-7-11-24/h4-19,30H,20-22H2,1-3H3,(H,36,40)/t30-/m1/s1. The molecule has 4 rings (SSSR count). The van der Waals surface area contributed by atoms with E-state index in [0.717, 1.165) is 15.4 Å². The van der Waals surface area contributed by atoms with Crippen LogP contribution in [0.3, 0.4) is 0 Å². The zero-order valence-electron chi connectivity index (χ0n) is 24.5. The van der Waals surface area contributed by atoms with Crippen molar-refractivity contribution in [2.75, 3.05) is 25.0 Å². The number of methoxy groups -OCH3 is 1. The van der Waals surface area contributed by atoms with Crippen molar-refractivity contribution in [2.45, 2.75) is 30.8 Å². The number of anilines is 1. The van der Waals surface area contributed by atoms with E-state index in [2.05, 4.69) is 5.32 Å². The maximum Gasteiger partial charge on any atom is 0.264 e. The number of nitrogens with zero attached hydrogens (tertiary/aromatic N) is 2. The summed E-state index contributed by atoms with van der Waals surface area (Å²) in [4.78, 5) is 29.2. The summed E-state index contributed by atoms with van der Waals surface area (Å²) in [6.07, 6.45) is 0.187. The number of amides is 2. The maximum atomic E-state index is 14.4. The first-order valence-corrected chi connectivity index (χ1v) is 16.0. The Hall–Kier alpha value is -4.05. The number of carbonyl (C=O) groups excluding carboxylic acids is 2. The molecule has 0 fully saturated rings. The first-order valence-electron chi connectivity index (χ1n) is 13.8. The van der Waals surface area contributed by atoms with Gasteiger partial charge in [-0.25, -0.2) is 8.42 Å². The van der Waals surface area contributed by atoms with E-state index in [1.807, 2.05) is 37.3 Å². The molecule has 0 aliphatic rings. The number of nitrogens with one attached hydrogen (secondary N) is 1. The third-order valence-corrected chi connectivity index (χ3v) is 9.58. The van der Waals surface area contributed by atoms with Crippen LogP contribution in [0, 0.1) is 6.92 Å². The highest BCUT2D eigenvalue weighted by molar-refractivity contribution is 7.92. The van der Waals surface area contributed by atoms with Crippen LogP contribution in [-0.2, 0) is 32.6 Å². The first kappa shape index (κ1) is 32.9. The van der Waals surface area contributed by atoms with Gasteiger partial charge in [-0.2, -0.15) is 0 Å². The van der Waals surface area contributed by atoms with E-state index in [0.29, 0.717) is 10.6 Å². The lowest BCUT2D eigenvalue weighted by molar-refractivity contribution is -0.139. The normalized spacial score (nSPS) is 11.8. The summed E-state index contributed by atoms with van der Waals surface area (Å²) in [5, 5.41) is 3.29. The van der Waals surface area contributed by atoms with E-state index in [1.165, 1.54) is 31.2 Å². The molecule has 0 aliphatic heterocycles. The van der Waals surface area contributed by atoms with E-state index in [-0.39, 0.29) is 34.3 Å². The second-order valence-electron chi connectivity index (χ2n) is 10.1. The Morgan fingerprint density at radius 1 is 0.864 bits per heavy atom. The molecule has 230 valence electrons. The second kappa shape index (κ2) is 14.6. The fourth-order valence-electron chi connectivity index (χ4n) is 4.78. The van der Waals surface area contributed by atoms with Crippen molar-refractivity contribution in [3.8, 4) is 5.75 Å². The SMILES string of the molecule is CNC(=O)[C@@H](Cc1ccccc1)N(Cc1ccc(Cl)c(Cl)c1)C(=O)CN(c1cc(C)ccc1OC)S(=O)(=O)c1ccccc1. The highest BCUT2D eigenvalue weighted by atomic mass is 35.5. The summed E-state index contributed by atoms with van der Waals surface area (Å²) in [5.41, 5.74) is 2.39. The third-order valence-electron chi connectivity index (χ3n) is 7.07. The highest BCUT2D eigenvalue weighted by Crippen LogP contribution is 2.34. The Bertz CT molecular complexity index is 1720. The van der Waals surface area contributed by atoms with Crippen molar-refractivity contribution in [2.24, 2.45) is 0 Å². The van der Waals surface area contributed by atoms with Crippen molar-refractivity contribution in [1.82, 2.24) is 10.2 Å². The Labute approximate surface area is 268 Å². The largest absolute Gasteiger partial charge is 0.495 e. The van der Waals surface area contributed by atoms with Crippen LogP contribution in [0.25, 0.3) is 0 Å². The smallest absolute Gasteiger partial charge is 0.264 e. The molecule has 0 bridgehead atoms. The van der Waals surface area contributed by atoms with E-state index < -0.39 is 34.4 Å². The molecular weight excluding hydrogens is 621 g/mol. The van der Waals surface area contributed by atoms with Crippen LogP contribution < -0.4 is 14.4 Å². The molecular formula is C33H33Cl2N3O5S. The monoisotopic (exact) mass is 653 g/mol. The number of hydrogen-bond donors (Lipinski definition) is 1. The van der Waals surface area contributed by atoms with Gasteiger partial charge < -0.3 is 15.0 Å². The summed E-state index contributed by atoms with van der Waals surface area (Å²) < 4.78 is 34.9. The third kappa shape index (κ3) is 7.72. The van der Waals surface area contributed by atoms with Gasteiger partial charge in [-0.15, -0.1) is 0 Å². The molecule has 11 heteroatoms. The van der Waals surface area contributed by atoms with E-state index in [9.17, 15) is 18.0 Å². The molecule has 1 atom stereocenters. The zero-order valence-corrected chi connectivity index (χ0v) is 26.9. The van der Waals surface area contributed by atoms with Gasteiger partial charge in [-0.1, -0.05) is 83.9 Å². The van der Waals surface area contributed by atoms with Gasteiger partial charge in [0.15, 0.2) is 0 Å². The lowest BCUT2D eigenvalue weighted by atomic mass is 10.0. The average Bonchev–Trinajstić information content (AvgIpc) is 3.03. The molecule has 0 unspecified atom stereocenters. The van der Waals surface area contributed by atoms with Crippen LogP contribution in [0.15, 0.2) is 102 Å². The van der Waals surface area contributed by atoms with Crippen LogP contribution in [0.4, 0.5) is 5.69 Å². The number of benzene rings is 4. The summed E-state index contributed by atoms with van der Waals surface area (Å²) in [5.74, 6) is -0.748. The number of aryl methyl sites for hydroxylation is 1. The Kier molecular flexibility index (Phi) is 10.9. The van der Waals surface area contributed by atoms with E-state index >= 15 is 0 Å². The number of hydrogen-bond acceptors (Lipinski definition) is 5. The minimum atomic E-state index is -4.26. The van der Waals surface area contributed by atoms with Crippen LogP contribution in [0.2, 0.25) is 10.0 Å². The summed E-state index contributed by atoms with van der Waals surface area (Å²) in [6.45, 7) is 1.17. The molecule has 4 aromatic carbocycles. The average molecular weight is 655 g/mol. The number of rotatable bonds is 12. The number of sulfonamides is 1. The molecule has 2 amide bonds.